The van der Waals surface area contributed by atoms with Gasteiger partial charge in [0.15, 0.2) is 11.9 Å². The second-order valence-corrected chi connectivity index (χ2v) is 10.7. The molecular formula is C35H45N11. The van der Waals surface area contributed by atoms with E-state index in [1.165, 1.54) is 0 Å². The molecule has 3 aromatic carbocycles. The van der Waals surface area contributed by atoms with E-state index in [-0.39, 0.29) is 11.9 Å². The Hall–Kier alpha value is -5.33. The van der Waals surface area contributed by atoms with E-state index in [4.69, 9.17) is 40.1 Å². The van der Waals surface area contributed by atoms with Crippen LogP contribution in [0.4, 0.5) is 0 Å². The van der Waals surface area contributed by atoms with Crippen LogP contribution in [0.1, 0.15) is 51.4 Å². The molecule has 0 bridgehead atoms. The first-order chi connectivity index (χ1) is 22.1. The number of guanidine groups is 2. The number of hydrogen-bond donors (Lipinski definition) is 8. The van der Waals surface area contributed by atoms with Gasteiger partial charge in [0.2, 0.25) is 0 Å². The van der Waals surface area contributed by atoms with Gasteiger partial charge in [0.1, 0.15) is 6.29 Å². The normalized spacial score (nSPS) is 10.8. The Morgan fingerprint density at radius 3 is 1.48 bits per heavy atom. The first kappa shape index (κ1) is 35.2. The van der Waals surface area contributed by atoms with Gasteiger partial charge in [-0.15, -0.1) is 0 Å². The molecule has 3 rings (SSSR count). The maximum atomic E-state index is 5.73. The third-order valence-electron chi connectivity index (χ3n) is 6.85. The fraction of sp³-hybridized carbons (Fsp3) is 0.286. The van der Waals surface area contributed by atoms with Crippen LogP contribution in [0.5, 0.6) is 0 Å². The SMILES string of the molecule is CC(N)=NCCc1cc(C#Cc2cccc(C#Cc3ccc(CCNC(N)N)c(CCN=C(N)N)c3)c2)ccc1CCN=C(N)N. The number of nitrogens with one attached hydrogen (secondary N) is 1. The minimum absolute atomic E-state index is 0.0699. The Bertz CT molecular complexity index is 1670. The van der Waals surface area contributed by atoms with Crippen molar-refractivity contribution in [3.8, 4) is 23.7 Å². The maximum Gasteiger partial charge on any atom is 0.185 e. The second kappa shape index (κ2) is 18.5. The molecule has 15 N–H and O–H groups in total. The van der Waals surface area contributed by atoms with Gasteiger partial charge in [-0.25, -0.2) is 0 Å². The first-order valence-corrected chi connectivity index (χ1v) is 15.1. The Labute approximate surface area is 271 Å². The topological polar surface area (TPSA) is 231 Å². The van der Waals surface area contributed by atoms with Crippen LogP contribution in [-0.2, 0) is 25.7 Å². The summed E-state index contributed by atoms with van der Waals surface area (Å²) in [6.45, 7) is 4.03. The van der Waals surface area contributed by atoms with E-state index in [1.807, 2.05) is 36.4 Å². The Morgan fingerprint density at radius 2 is 1.02 bits per heavy atom. The zero-order valence-electron chi connectivity index (χ0n) is 26.4. The molecule has 0 aliphatic heterocycles. The number of nitrogens with two attached hydrogens (primary N) is 7. The predicted molar refractivity (Wildman–Crippen MR) is 190 cm³/mol. The van der Waals surface area contributed by atoms with Crippen molar-refractivity contribution in [2.75, 3.05) is 26.2 Å². The molecule has 3 aromatic rings. The summed E-state index contributed by atoms with van der Waals surface area (Å²) in [6, 6.07) is 20.2. The number of rotatable bonds is 13. The van der Waals surface area contributed by atoms with E-state index < -0.39 is 6.29 Å². The van der Waals surface area contributed by atoms with Crippen molar-refractivity contribution in [1.29, 1.82) is 0 Å². The minimum Gasteiger partial charge on any atom is -0.388 e. The predicted octanol–water partition coefficient (Wildman–Crippen LogP) is 0.371. The molecule has 0 amide bonds. The summed E-state index contributed by atoms with van der Waals surface area (Å²) in [5.74, 6) is 13.8. The van der Waals surface area contributed by atoms with Gasteiger partial charge >= 0.3 is 0 Å². The average Bonchev–Trinajstić information content (AvgIpc) is 3.00. The van der Waals surface area contributed by atoms with Crippen LogP contribution >= 0.6 is 0 Å². The van der Waals surface area contributed by atoms with Gasteiger partial charge in [-0.3, -0.25) is 20.3 Å². The van der Waals surface area contributed by atoms with Crippen LogP contribution in [0.15, 0.2) is 75.6 Å². The summed E-state index contributed by atoms with van der Waals surface area (Å²) in [5, 5.41) is 3.04. The van der Waals surface area contributed by atoms with Gasteiger partial charge in [-0.05, 0) is 97.3 Å². The van der Waals surface area contributed by atoms with Gasteiger partial charge in [0, 0.05) is 48.4 Å². The standard InChI is InChI=1S/C35H45N11/c1-24(36)43-17-15-31-22-27(9-11-29(31)13-18-44-33(37)38)7-5-25-3-2-4-26(21-25)6-8-28-10-12-30(14-19-45-34(39)40)32(23-28)16-20-46-35(41)42/h2-4,9-12,21-23,34,45H,13-20,39-40H2,1H3,(H2,36,43)(H4,37,38,44)(H4,41,42,46). The average molecular weight is 620 g/mol. The molecule has 11 heteroatoms. The molecule has 0 fully saturated rings. The van der Waals surface area contributed by atoms with Gasteiger partial charge in [0.05, 0.1) is 5.84 Å². The number of aliphatic imine (C=N–C) groups is 3. The lowest BCUT2D eigenvalue weighted by Crippen LogP contribution is -2.45. The van der Waals surface area contributed by atoms with Crippen LogP contribution in [0.2, 0.25) is 0 Å². The molecule has 0 radical (unpaired) electrons. The van der Waals surface area contributed by atoms with Crippen LogP contribution < -0.4 is 45.5 Å². The summed E-state index contributed by atoms with van der Waals surface area (Å²) in [4.78, 5) is 12.6. The number of amidine groups is 1. The summed E-state index contributed by atoms with van der Waals surface area (Å²) in [6.07, 6.45) is 2.34. The van der Waals surface area contributed by atoms with Crippen molar-refractivity contribution >= 4 is 17.8 Å². The zero-order valence-corrected chi connectivity index (χ0v) is 26.4. The molecule has 0 aliphatic carbocycles. The van der Waals surface area contributed by atoms with Gasteiger partial charge in [0.25, 0.3) is 0 Å². The van der Waals surface area contributed by atoms with E-state index in [0.29, 0.717) is 44.9 Å². The Kier molecular flexibility index (Phi) is 14.1. The van der Waals surface area contributed by atoms with E-state index in [9.17, 15) is 0 Å². The minimum atomic E-state index is -0.562. The van der Waals surface area contributed by atoms with Crippen LogP contribution in [0.25, 0.3) is 0 Å². The van der Waals surface area contributed by atoms with Crippen molar-refractivity contribution in [1.82, 2.24) is 5.32 Å². The third kappa shape index (κ3) is 13.1. The van der Waals surface area contributed by atoms with Crippen molar-refractivity contribution in [3.05, 3.63) is 105 Å². The zero-order chi connectivity index (χ0) is 33.3. The molecule has 0 unspecified atom stereocenters. The van der Waals surface area contributed by atoms with Gasteiger partial charge in [-0.2, -0.15) is 0 Å². The number of nitrogens with zero attached hydrogens (tertiary/aromatic N) is 3. The Balaban J connectivity index is 1.80. The van der Waals surface area contributed by atoms with E-state index >= 15 is 0 Å². The van der Waals surface area contributed by atoms with Crippen LogP contribution in [0.3, 0.4) is 0 Å². The molecule has 0 saturated carbocycles. The maximum absolute atomic E-state index is 5.73. The van der Waals surface area contributed by atoms with Crippen molar-refractivity contribution in [2.24, 2.45) is 55.1 Å². The van der Waals surface area contributed by atoms with Crippen molar-refractivity contribution < 1.29 is 0 Å². The molecule has 46 heavy (non-hydrogen) atoms. The summed E-state index contributed by atoms with van der Waals surface area (Å²) in [7, 11) is 0. The fourth-order valence-corrected chi connectivity index (χ4v) is 4.66. The highest BCUT2D eigenvalue weighted by molar-refractivity contribution is 5.77. The highest BCUT2D eigenvalue weighted by Gasteiger charge is 2.06. The third-order valence-corrected chi connectivity index (χ3v) is 6.85. The number of hydrogen-bond acceptors (Lipinski definition) is 6. The number of benzene rings is 3. The van der Waals surface area contributed by atoms with E-state index in [1.54, 1.807) is 6.92 Å². The van der Waals surface area contributed by atoms with E-state index in [0.717, 1.165) is 57.3 Å². The smallest absolute Gasteiger partial charge is 0.185 e. The molecule has 0 atom stereocenters. The lowest BCUT2D eigenvalue weighted by molar-refractivity contribution is 0.547. The highest BCUT2D eigenvalue weighted by atomic mass is 15.1. The Morgan fingerprint density at radius 1 is 0.587 bits per heavy atom. The quantitative estimate of drug-likeness (QED) is 0.0575. The highest BCUT2D eigenvalue weighted by Crippen LogP contribution is 2.16. The van der Waals surface area contributed by atoms with Crippen molar-refractivity contribution in [3.63, 3.8) is 0 Å². The summed E-state index contributed by atoms with van der Waals surface area (Å²) >= 11 is 0. The van der Waals surface area contributed by atoms with Crippen LogP contribution in [0, 0.1) is 23.7 Å². The molecule has 0 heterocycles. The molecule has 0 aliphatic rings. The van der Waals surface area contributed by atoms with Gasteiger partial charge in [-0.1, -0.05) is 41.9 Å². The molecule has 0 saturated heterocycles. The monoisotopic (exact) mass is 619 g/mol. The molecule has 11 nitrogen and oxygen atoms in total. The first-order valence-electron chi connectivity index (χ1n) is 15.1. The van der Waals surface area contributed by atoms with Crippen molar-refractivity contribution in [2.45, 2.75) is 38.9 Å². The lowest BCUT2D eigenvalue weighted by Gasteiger charge is -2.12. The van der Waals surface area contributed by atoms with Gasteiger partial charge < -0.3 is 40.1 Å². The fourth-order valence-electron chi connectivity index (χ4n) is 4.66. The molecule has 0 spiro atoms. The largest absolute Gasteiger partial charge is 0.388 e. The molecule has 0 aromatic heterocycles. The lowest BCUT2D eigenvalue weighted by atomic mass is 9.98. The molecular weight excluding hydrogens is 574 g/mol. The van der Waals surface area contributed by atoms with E-state index in [2.05, 4.69) is 68.2 Å². The molecule has 240 valence electrons. The van der Waals surface area contributed by atoms with Crippen LogP contribution in [-0.4, -0.2) is 50.2 Å². The summed E-state index contributed by atoms with van der Waals surface area (Å²) in [5.41, 5.74) is 47.1. The summed E-state index contributed by atoms with van der Waals surface area (Å²) < 4.78 is 0. The second-order valence-electron chi connectivity index (χ2n) is 10.7.